The first kappa shape index (κ1) is 40.0. The van der Waals surface area contributed by atoms with Crippen molar-refractivity contribution < 1.29 is 39.2 Å². The van der Waals surface area contributed by atoms with Crippen LogP contribution in [0.4, 0.5) is 0 Å². The second-order valence-corrected chi connectivity index (χ2v) is 12.4. The van der Waals surface area contributed by atoms with Gasteiger partial charge in [-0.25, -0.2) is 0 Å². The van der Waals surface area contributed by atoms with E-state index in [-0.39, 0.29) is 49.6 Å². The number of ether oxygens (including phenoxy) is 2. The third-order valence-corrected chi connectivity index (χ3v) is 8.31. The van der Waals surface area contributed by atoms with Crippen molar-refractivity contribution in [2.75, 3.05) is 13.2 Å². The normalized spacial score (nSPS) is 20.0. The number of esters is 2. The van der Waals surface area contributed by atoms with E-state index in [4.69, 9.17) is 9.47 Å². The molecule has 0 unspecified atom stereocenters. The number of hydrogen-bond donors (Lipinski definition) is 3. The maximum absolute atomic E-state index is 12.4. The van der Waals surface area contributed by atoms with Gasteiger partial charge in [0, 0.05) is 31.1 Å². The summed E-state index contributed by atoms with van der Waals surface area (Å²) in [5, 5.41) is 30.5. The van der Waals surface area contributed by atoms with Crippen molar-refractivity contribution in [2.24, 2.45) is 11.8 Å². The van der Waals surface area contributed by atoms with Gasteiger partial charge in [-0.1, -0.05) is 115 Å². The number of Topliss-reactive ketones (excluding diaryl/α,β-unsaturated/α-hetero) is 1. The van der Waals surface area contributed by atoms with Gasteiger partial charge in [0.25, 0.3) is 0 Å². The number of carbonyl (C=O) groups excluding carboxylic acids is 3. The van der Waals surface area contributed by atoms with Crippen LogP contribution in [0.1, 0.15) is 142 Å². The molecule has 0 saturated heterocycles. The van der Waals surface area contributed by atoms with Crippen molar-refractivity contribution in [2.45, 2.75) is 161 Å². The Morgan fingerprint density at radius 3 is 1.95 bits per heavy atom. The average Bonchev–Trinajstić information content (AvgIpc) is 3.27. The molecule has 0 aromatic carbocycles. The van der Waals surface area contributed by atoms with Crippen LogP contribution in [-0.4, -0.2) is 64.6 Å². The number of aliphatic hydroxyl groups is 3. The van der Waals surface area contributed by atoms with E-state index in [0.29, 0.717) is 32.1 Å². The number of carbonyl (C=O) groups is 3. The smallest absolute Gasteiger partial charge is 0.305 e. The minimum Gasteiger partial charge on any atom is -0.463 e. The van der Waals surface area contributed by atoms with Gasteiger partial charge in [0.2, 0.25) is 0 Å². The summed E-state index contributed by atoms with van der Waals surface area (Å²) >= 11 is 0. The topological polar surface area (TPSA) is 130 Å². The summed E-state index contributed by atoms with van der Waals surface area (Å²) in [7, 11) is 0. The van der Waals surface area contributed by atoms with Crippen LogP contribution in [0.2, 0.25) is 0 Å². The predicted molar refractivity (Wildman–Crippen MR) is 174 cm³/mol. The van der Waals surface area contributed by atoms with E-state index in [1.165, 1.54) is 44.9 Å². The van der Waals surface area contributed by atoms with Gasteiger partial charge < -0.3 is 24.8 Å². The van der Waals surface area contributed by atoms with Gasteiger partial charge in [-0.2, -0.15) is 0 Å². The van der Waals surface area contributed by atoms with Crippen LogP contribution < -0.4 is 0 Å². The first-order valence-electron chi connectivity index (χ1n) is 17.5. The molecule has 254 valence electrons. The molecule has 1 saturated carbocycles. The highest BCUT2D eigenvalue weighted by Crippen LogP contribution is 2.33. The van der Waals surface area contributed by atoms with Gasteiger partial charge in [-0.3, -0.25) is 14.4 Å². The van der Waals surface area contributed by atoms with Crippen molar-refractivity contribution in [1.29, 1.82) is 0 Å². The van der Waals surface area contributed by atoms with E-state index in [0.717, 1.165) is 38.5 Å². The second kappa shape index (κ2) is 26.2. The Kier molecular flexibility index (Phi) is 23.8. The highest BCUT2D eigenvalue weighted by Gasteiger charge is 2.39. The monoisotopic (exact) mass is 622 g/mol. The van der Waals surface area contributed by atoms with E-state index in [1.54, 1.807) is 12.2 Å². The number of allylic oxidation sites excluding steroid dienone is 2. The van der Waals surface area contributed by atoms with Crippen molar-refractivity contribution in [3.8, 4) is 0 Å². The highest BCUT2D eigenvalue weighted by molar-refractivity contribution is 5.84. The minimum atomic E-state index is -1.05. The van der Waals surface area contributed by atoms with E-state index >= 15 is 0 Å². The Morgan fingerprint density at radius 1 is 0.795 bits per heavy atom. The molecule has 8 nitrogen and oxygen atoms in total. The molecule has 5 atom stereocenters. The molecule has 0 aromatic heterocycles. The molecule has 1 aliphatic carbocycles. The lowest BCUT2D eigenvalue weighted by Crippen LogP contribution is -2.25. The number of rotatable bonds is 27. The third kappa shape index (κ3) is 20.1. The van der Waals surface area contributed by atoms with Crippen molar-refractivity contribution in [3.05, 3.63) is 24.3 Å². The number of aliphatic hydroxyl groups excluding tert-OH is 3. The van der Waals surface area contributed by atoms with E-state index in [2.05, 4.69) is 13.8 Å². The Hall–Kier alpha value is -2.03. The van der Waals surface area contributed by atoms with Crippen LogP contribution in [-0.2, 0) is 23.9 Å². The van der Waals surface area contributed by atoms with Crippen LogP contribution in [0, 0.1) is 11.8 Å². The maximum Gasteiger partial charge on any atom is 0.305 e. The molecule has 0 spiro atoms. The summed E-state index contributed by atoms with van der Waals surface area (Å²) in [5.74, 6) is -1.34. The van der Waals surface area contributed by atoms with Crippen molar-refractivity contribution in [1.82, 2.24) is 0 Å². The molecule has 0 radical (unpaired) electrons. The Balaban J connectivity index is 2.12. The van der Waals surface area contributed by atoms with Crippen LogP contribution in [0.15, 0.2) is 24.3 Å². The zero-order valence-corrected chi connectivity index (χ0v) is 27.6. The molecule has 3 N–H and O–H groups in total. The standard InChI is InChI=1S/C36H62O8/c1-3-5-7-8-9-10-11-12-13-18-22-35(41)43-27-30(38)28-44-36(42)23-19-15-14-17-21-31-32(34(40)26-33(31)39)25-24-29(37)20-16-6-4-2/h14,17,24-25,29-32,34,37-38,40H,3-13,15-16,18-23,26-28H2,1-2H3/b17-14-,25-24+/t29-,30+,31+,32+,34+/m0/s1. The summed E-state index contributed by atoms with van der Waals surface area (Å²) in [6.07, 6.45) is 23.1. The molecular formula is C36H62O8. The van der Waals surface area contributed by atoms with Gasteiger partial charge >= 0.3 is 11.9 Å². The quantitative estimate of drug-likeness (QED) is 0.0511. The summed E-state index contributed by atoms with van der Waals surface area (Å²) < 4.78 is 10.2. The third-order valence-electron chi connectivity index (χ3n) is 8.31. The Morgan fingerprint density at radius 2 is 1.34 bits per heavy atom. The molecular weight excluding hydrogens is 560 g/mol. The molecule has 0 aliphatic heterocycles. The summed E-state index contributed by atoms with van der Waals surface area (Å²) in [6.45, 7) is 3.94. The predicted octanol–water partition coefficient (Wildman–Crippen LogP) is 6.92. The maximum atomic E-state index is 12.4. The zero-order chi connectivity index (χ0) is 32.4. The van der Waals surface area contributed by atoms with Gasteiger partial charge in [-0.15, -0.1) is 0 Å². The molecule has 1 rings (SSSR count). The fourth-order valence-corrected chi connectivity index (χ4v) is 5.54. The lowest BCUT2D eigenvalue weighted by atomic mass is 9.90. The lowest BCUT2D eigenvalue weighted by molar-refractivity contribution is -0.152. The summed E-state index contributed by atoms with van der Waals surface area (Å²) in [4.78, 5) is 36.3. The van der Waals surface area contributed by atoms with E-state index in [9.17, 15) is 29.7 Å². The zero-order valence-electron chi connectivity index (χ0n) is 27.6. The molecule has 0 heterocycles. The largest absolute Gasteiger partial charge is 0.463 e. The van der Waals surface area contributed by atoms with E-state index < -0.39 is 24.3 Å². The molecule has 0 aromatic rings. The summed E-state index contributed by atoms with van der Waals surface area (Å²) in [6, 6.07) is 0. The van der Waals surface area contributed by atoms with Crippen molar-refractivity contribution in [3.63, 3.8) is 0 Å². The van der Waals surface area contributed by atoms with Crippen LogP contribution in [0.5, 0.6) is 0 Å². The molecule has 44 heavy (non-hydrogen) atoms. The minimum absolute atomic E-state index is 0.0314. The van der Waals surface area contributed by atoms with Crippen molar-refractivity contribution >= 4 is 17.7 Å². The van der Waals surface area contributed by atoms with Gasteiger partial charge in [0.1, 0.15) is 25.1 Å². The first-order chi connectivity index (χ1) is 21.3. The van der Waals surface area contributed by atoms with Gasteiger partial charge in [0.15, 0.2) is 0 Å². The van der Waals surface area contributed by atoms with Crippen LogP contribution >= 0.6 is 0 Å². The fraction of sp³-hybridized carbons (Fsp3) is 0.806. The lowest BCUT2D eigenvalue weighted by Gasteiger charge is -2.16. The highest BCUT2D eigenvalue weighted by atomic mass is 16.6. The molecule has 1 aliphatic rings. The average molecular weight is 623 g/mol. The van der Waals surface area contributed by atoms with Crippen LogP contribution in [0.3, 0.4) is 0 Å². The fourth-order valence-electron chi connectivity index (χ4n) is 5.54. The van der Waals surface area contributed by atoms with Gasteiger partial charge in [0.05, 0.1) is 12.2 Å². The van der Waals surface area contributed by atoms with E-state index in [1.807, 2.05) is 12.2 Å². The summed E-state index contributed by atoms with van der Waals surface area (Å²) in [5.41, 5.74) is 0. The van der Waals surface area contributed by atoms with Gasteiger partial charge in [-0.05, 0) is 32.1 Å². The Bertz CT molecular complexity index is 823. The SMILES string of the molecule is CCCCCCCCCCCCC(=O)OC[C@@H](O)COC(=O)CCC/C=C\C[C@H]1C(=O)C[C@@H](O)[C@@H]1/C=C/[C@@H](O)CCCCC. The first-order valence-corrected chi connectivity index (χ1v) is 17.5. The number of hydrogen-bond acceptors (Lipinski definition) is 8. The molecule has 1 fully saturated rings. The Labute approximate surface area is 266 Å². The second-order valence-electron chi connectivity index (χ2n) is 12.4. The number of unbranched alkanes of at least 4 members (excludes halogenated alkanes) is 12. The molecule has 8 heteroatoms. The van der Waals surface area contributed by atoms with Crippen LogP contribution in [0.25, 0.3) is 0 Å². The number of ketones is 1. The molecule has 0 amide bonds. The molecule has 0 bridgehead atoms.